The topological polar surface area (TPSA) is 109 Å². The molecular weight excluding hydrogens is 523 g/mol. The number of rotatable bonds is 6. The maximum atomic E-state index is 13.5. The van der Waals surface area contributed by atoms with Crippen LogP contribution in [0.3, 0.4) is 0 Å². The van der Waals surface area contributed by atoms with Gasteiger partial charge in [-0.1, -0.05) is 6.92 Å². The second-order valence-corrected chi connectivity index (χ2v) is 11.4. The number of ether oxygens (including phenoxy) is 1. The Morgan fingerprint density at radius 3 is 2.61 bits per heavy atom. The van der Waals surface area contributed by atoms with Gasteiger partial charge in [-0.15, -0.1) is 11.3 Å². The Morgan fingerprint density at radius 1 is 1.24 bits per heavy atom. The van der Waals surface area contributed by atoms with Crippen molar-refractivity contribution in [1.82, 2.24) is 20.0 Å². The molecule has 4 rings (SSSR count). The number of carbonyl (C=O) groups is 2. The molecule has 1 aliphatic heterocycles. The third-order valence-corrected chi connectivity index (χ3v) is 7.29. The van der Waals surface area contributed by atoms with Crippen LogP contribution in [0.15, 0.2) is 6.20 Å². The van der Waals surface area contributed by atoms with E-state index >= 15 is 0 Å². The number of hydrogen-bond donors (Lipinski definition) is 3. The molecule has 0 saturated carbocycles. The van der Waals surface area contributed by atoms with E-state index in [0.29, 0.717) is 41.2 Å². The van der Waals surface area contributed by atoms with Crippen LogP contribution in [-0.4, -0.2) is 43.9 Å². The Bertz CT molecular complexity index is 1250. The fourth-order valence-electron chi connectivity index (χ4n) is 4.61. The Morgan fingerprint density at radius 2 is 1.95 bits per heavy atom. The van der Waals surface area contributed by atoms with E-state index in [0.717, 1.165) is 16.0 Å². The first-order valence-corrected chi connectivity index (χ1v) is 13.3. The number of carbonyl (C=O) groups excluding carboxylic acids is 2. The van der Waals surface area contributed by atoms with E-state index in [1.165, 1.54) is 16.2 Å². The van der Waals surface area contributed by atoms with Crippen LogP contribution >= 0.6 is 11.3 Å². The second-order valence-electron chi connectivity index (χ2n) is 10.3. The van der Waals surface area contributed by atoms with Gasteiger partial charge in [0.2, 0.25) is 5.91 Å². The average molecular weight is 556 g/mol. The normalized spacial score (nSPS) is 16.2. The summed E-state index contributed by atoms with van der Waals surface area (Å²) in [5, 5.41) is 20.6. The summed E-state index contributed by atoms with van der Waals surface area (Å²) in [7, 11) is 0. The number of aliphatic hydroxyl groups excluding tert-OH is 1. The number of alkyl halides is 3. The number of nitrogens with zero attached hydrogens (tertiary/aromatic N) is 3. The number of aromatic nitrogens is 2. The predicted molar refractivity (Wildman–Crippen MR) is 136 cm³/mol. The number of fused-ring (bicyclic) bond motifs is 2. The number of nitrogens with one attached hydrogen (secondary N) is 2. The van der Waals surface area contributed by atoms with Gasteiger partial charge in [0.1, 0.15) is 23.4 Å². The molecule has 0 aromatic carbocycles. The molecule has 2 aromatic rings. The number of thiophene rings is 1. The molecule has 208 valence electrons. The Balaban J connectivity index is 1.59. The van der Waals surface area contributed by atoms with Gasteiger partial charge < -0.3 is 15.2 Å². The van der Waals surface area contributed by atoms with E-state index in [2.05, 4.69) is 15.7 Å². The molecule has 9 nitrogen and oxygen atoms in total. The predicted octanol–water partition coefficient (Wildman–Crippen LogP) is 4.80. The molecule has 3 N–H and O–H groups in total. The van der Waals surface area contributed by atoms with Gasteiger partial charge in [-0.3, -0.25) is 19.7 Å². The Labute approximate surface area is 222 Å². The van der Waals surface area contributed by atoms with E-state index in [9.17, 15) is 27.9 Å². The van der Waals surface area contributed by atoms with Gasteiger partial charge in [0, 0.05) is 33.5 Å². The standard InChI is InChI=1S/C25H32F3N5O4S/c1-5-29-21(35)19-15-10-11-32(23(36)37-24(2,3)4)12-17(15)38-22(19)30-18(34)13-33-16-9-7-6-8-14(16)20(31-33)25(26,27)28/h10-11,21,29,35H,5-9,12-13H2,1-4H3,(H,30,34). The van der Waals surface area contributed by atoms with Crippen LogP contribution in [-0.2, 0) is 41.6 Å². The third kappa shape index (κ3) is 6.05. The molecule has 0 spiro atoms. The van der Waals surface area contributed by atoms with Crippen LogP contribution in [0.4, 0.5) is 23.0 Å². The van der Waals surface area contributed by atoms with Crippen LogP contribution in [0.2, 0.25) is 0 Å². The lowest BCUT2D eigenvalue weighted by molar-refractivity contribution is -0.142. The Kier molecular flexibility index (Phi) is 7.91. The van der Waals surface area contributed by atoms with Crippen molar-refractivity contribution in [2.45, 2.75) is 84.5 Å². The highest BCUT2D eigenvalue weighted by atomic mass is 32.1. The molecule has 2 amide bonds. The van der Waals surface area contributed by atoms with Crippen LogP contribution < -0.4 is 10.6 Å². The fourth-order valence-corrected chi connectivity index (χ4v) is 5.85. The molecule has 2 aromatic heterocycles. The lowest BCUT2D eigenvalue weighted by Crippen LogP contribution is -2.34. The summed E-state index contributed by atoms with van der Waals surface area (Å²) in [6, 6.07) is 0. The monoisotopic (exact) mass is 555 g/mol. The molecule has 0 bridgehead atoms. The van der Waals surface area contributed by atoms with Gasteiger partial charge in [0.15, 0.2) is 5.69 Å². The first-order chi connectivity index (χ1) is 17.8. The average Bonchev–Trinajstić information content (AvgIpc) is 3.35. The molecule has 0 saturated heterocycles. The van der Waals surface area contributed by atoms with E-state index in [1.807, 2.05) is 6.92 Å². The number of halogens is 3. The fraction of sp³-hybridized carbons (Fsp3) is 0.560. The van der Waals surface area contributed by atoms with Gasteiger partial charge in [-0.25, -0.2) is 4.79 Å². The quantitative estimate of drug-likeness (QED) is 0.442. The van der Waals surface area contributed by atoms with Crippen LogP contribution in [0.25, 0.3) is 6.08 Å². The molecule has 1 atom stereocenters. The van der Waals surface area contributed by atoms with Crippen LogP contribution in [0.1, 0.15) is 79.7 Å². The smallest absolute Gasteiger partial charge is 0.435 e. The van der Waals surface area contributed by atoms with E-state index < -0.39 is 42.2 Å². The summed E-state index contributed by atoms with van der Waals surface area (Å²) >= 11 is 1.19. The second kappa shape index (κ2) is 10.7. The summed E-state index contributed by atoms with van der Waals surface area (Å²) in [6.07, 6.45) is -0.916. The minimum atomic E-state index is -4.59. The van der Waals surface area contributed by atoms with Gasteiger partial charge in [0.05, 0.1) is 6.54 Å². The van der Waals surface area contributed by atoms with Gasteiger partial charge >= 0.3 is 12.3 Å². The molecule has 3 heterocycles. The lowest BCUT2D eigenvalue weighted by atomic mass is 9.95. The molecule has 2 aliphatic rings. The molecular formula is C25H32F3N5O4S. The van der Waals surface area contributed by atoms with Crippen LogP contribution in [0, 0.1) is 0 Å². The summed E-state index contributed by atoms with van der Waals surface area (Å²) in [5.74, 6) is -0.564. The summed E-state index contributed by atoms with van der Waals surface area (Å²) in [5.41, 5.74) is 0.0892. The van der Waals surface area contributed by atoms with Crippen molar-refractivity contribution in [3.8, 4) is 0 Å². The summed E-state index contributed by atoms with van der Waals surface area (Å²) < 4.78 is 47.2. The first kappa shape index (κ1) is 28.1. The lowest BCUT2D eigenvalue weighted by Gasteiger charge is -2.27. The molecule has 38 heavy (non-hydrogen) atoms. The zero-order valence-electron chi connectivity index (χ0n) is 21.7. The van der Waals surface area contributed by atoms with Crippen molar-refractivity contribution in [2.24, 2.45) is 0 Å². The highest BCUT2D eigenvalue weighted by Gasteiger charge is 2.40. The van der Waals surface area contributed by atoms with Gasteiger partial charge in [-0.05, 0) is 59.1 Å². The van der Waals surface area contributed by atoms with Crippen molar-refractivity contribution >= 4 is 34.4 Å². The van der Waals surface area contributed by atoms with Crippen molar-refractivity contribution in [2.75, 3.05) is 11.9 Å². The van der Waals surface area contributed by atoms with E-state index in [4.69, 9.17) is 4.74 Å². The maximum Gasteiger partial charge on any atom is 0.435 e. The molecule has 1 aliphatic carbocycles. The number of anilines is 1. The summed E-state index contributed by atoms with van der Waals surface area (Å²) in [4.78, 5) is 27.7. The molecule has 0 radical (unpaired) electrons. The highest BCUT2D eigenvalue weighted by Crippen LogP contribution is 2.41. The van der Waals surface area contributed by atoms with Crippen molar-refractivity contribution in [3.05, 3.63) is 39.2 Å². The first-order valence-electron chi connectivity index (χ1n) is 12.5. The van der Waals surface area contributed by atoms with Crippen molar-refractivity contribution in [3.63, 3.8) is 0 Å². The molecule has 1 unspecified atom stereocenters. The highest BCUT2D eigenvalue weighted by molar-refractivity contribution is 7.16. The van der Waals surface area contributed by atoms with Gasteiger partial charge in [-0.2, -0.15) is 18.3 Å². The Hall–Kier alpha value is -2.90. The van der Waals surface area contributed by atoms with Gasteiger partial charge in [0.25, 0.3) is 0 Å². The van der Waals surface area contributed by atoms with E-state index in [-0.39, 0.29) is 18.5 Å². The minimum Gasteiger partial charge on any atom is -0.443 e. The van der Waals surface area contributed by atoms with Crippen molar-refractivity contribution < 1.29 is 32.6 Å². The SMILES string of the molecule is CCNC(O)c1c(NC(=O)Cn2nc(C(F)(F)F)c3c2CCCC3)sc2c1C=CN(C(=O)OC(C)(C)C)C2. The minimum absolute atomic E-state index is 0.166. The molecule has 13 heteroatoms. The third-order valence-electron chi connectivity index (χ3n) is 6.17. The zero-order chi connectivity index (χ0) is 27.8. The largest absolute Gasteiger partial charge is 0.443 e. The number of aliphatic hydroxyl groups is 1. The van der Waals surface area contributed by atoms with Crippen molar-refractivity contribution in [1.29, 1.82) is 0 Å². The summed E-state index contributed by atoms with van der Waals surface area (Å²) in [6.45, 7) is 7.35. The number of amides is 2. The zero-order valence-corrected chi connectivity index (χ0v) is 22.6. The van der Waals surface area contributed by atoms with E-state index in [1.54, 1.807) is 33.0 Å². The maximum absolute atomic E-state index is 13.5. The van der Waals surface area contributed by atoms with Crippen LogP contribution in [0.5, 0.6) is 0 Å². The molecule has 0 fully saturated rings. The number of hydrogen-bond acceptors (Lipinski definition) is 7.